The van der Waals surface area contributed by atoms with Crippen LogP contribution in [0.25, 0.3) is 0 Å². The number of nitrogens with two attached hydrogens (primary N) is 1. The Hall–Kier alpha value is -0.820. The van der Waals surface area contributed by atoms with E-state index in [1.54, 1.807) is 0 Å². The van der Waals surface area contributed by atoms with Crippen LogP contribution in [0.4, 0.5) is 13.2 Å². The first-order chi connectivity index (χ1) is 7.64. The number of alkyl halides is 3. The first kappa shape index (κ1) is 14.2. The Balaban J connectivity index is 2.24. The minimum Gasteiger partial charge on any atom is -0.362 e. The van der Waals surface area contributed by atoms with Gasteiger partial charge in [0.25, 0.3) is 0 Å². The molecule has 0 radical (unpaired) electrons. The normalized spacial score (nSPS) is 19.4. The van der Waals surface area contributed by atoms with Crippen LogP contribution in [0.15, 0.2) is 0 Å². The van der Waals surface area contributed by atoms with Gasteiger partial charge in [-0.1, -0.05) is 13.8 Å². The molecule has 7 heteroatoms. The molecule has 0 unspecified atom stereocenters. The van der Waals surface area contributed by atoms with Gasteiger partial charge in [-0.15, -0.1) is 0 Å². The molecule has 0 aliphatic carbocycles. The van der Waals surface area contributed by atoms with Gasteiger partial charge in [-0.25, -0.2) is 0 Å². The molecule has 1 amide bonds. The van der Waals surface area contributed by atoms with Crippen molar-refractivity contribution < 1.29 is 22.7 Å². The van der Waals surface area contributed by atoms with Gasteiger partial charge in [0.15, 0.2) is 0 Å². The summed E-state index contributed by atoms with van der Waals surface area (Å²) < 4.78 is 39.6. The minimum absolute atomic E-state index is 0.225. The molecule has 1 saturated heterocycles. The van der Waals surface area contributed by atoms with Crippen LogP contribution >= 0.6 is 0 Å². The Kier molecular flexibility index (Phi) is 4.03. The number of halogens is 3. The standard InChI is InChI=1S/C10H17F3N2O2/c1-7(2)9(14)4-15(5-9)8(16)3-17-6-10(11,12)13/h7H,3-6,14H2,1-2H3. The van der Waals surface area contributed by atoms with Crippen molar-refractivity contribution in [3.05, 3.63) is 0 Å². The number of likely N-dealkylation sites (tertiary alicyclic amines) is 1. The van der Waals surface area contributed by atoms with Gasteiger partial charge in [-0.05, 0) is 5.92 Å². The fourth-order valence-electron chi connectivity index (χ4n) is 1.55. The molecule has 100 valence electrons. The van der Waals surface area contributed by atoms with E-state index in [0.717, 1.165) is 0 Å². The highest BCUT2D eigenvalue weighted by Crippen LogP contribution is 2.26. The first-order valence-corrected chi connectivity index (χ1v) is 5.35. The van der Waals surface area contributed by atoms with Crippen LogP contribution in [-0.2, 0) is 9.53 Å². The van der Waals surface area contributed by atoms with E-state index >= 15 is 0 Å². The smallest absolute Gasteiger partial charge is 0.362 e. The highest BCUT2D eigenvalue weighted by Gasteiger charge is 2.44. The predicted molar refractivity (Wildman–Crippen MR) is 55.2 cm³/mol. The number of carbonyl (C=O) groups excluding carboxylic acids is 1. The Morgan fingerprint density at radius 2 is 2.00 bits per heavy atom. The lowest BCUT2D eigenvalue weighted by molar-refractivity contribution is -0.179. The number of ether oxygens (including phenoxy) is 1. The average Bonchev–Trinajstić information content (AvgIpc) is 2.10. The van der Waals surface area contributed by atoms with Gasteiger partial charge in [-0.3, -0.25) is 4.79 Å². The molecule has 0 aromatic heterocycles. The fourth-order valence-corrected chi connectivity index (χ4v) is 1.55. The molecule has 0 aromatic carbocycles. The first-order valence-electron chi connectivity index (χ1n) is 5.35. The molecule has 0 spiro atoms. The van der Waals surface area contributed by atoms with Gasteiger partial charge in [-0.2, -0.15) is 13.2 Å². The summed E-state index contributed by atoms with van der Waals surface area (Å²) in [4.78, 5) is 12.8. The lowest BCUT2D eigenvalue weighted by Crippen LogP contribution is -2.71. The summed E-state index contributed by atoms with van der Waals surface area (Å²) in [7, 11) is 0. The van der Waals surface area contributed by atoms with Crippen LogP contribution in [0, 0.1) is 5.92 Å². The molecule has 1 heterocycles. The highest BCUT2D eigenvalue weighted by atomic mass is 19.4. The van der Waals surface area contributed by atoms with Gasteiger partial charge in [0, 0.05) is 13.1 Å². The van der Waals surface area contributed by atoms with Crippen LogP contribution < -0.4 is 5.73 Å². The summed E-state index contributed by atoms with van der Waals surface area (Å²) in [5.74, 6) is -0.224. The molecule has 0 saturated carbocycles. The molecule has 0 atom stereocenters. The van der Waals surface area contributed by atoms with Crippen molar-refractivity contribution in [3.63, 3.8) is 0 Å². The molecular formula is C10H17F3N2O2. The molecule has 4 nitrogen and oxygen atoms in total. The Morgan fingerprint density at radius 1 is 1.47 bits per heavy atom. The van der Waals surface area contributed by atoms with Crippen molar-refractivity contribution in [2.75, 3.05) is 26.3 Å². The predicted octanol–water partition coefficient (Wildman–Crippen LogP) is 0.761. The number of rotatable bonds is 4. The van der Waals surface area contributed by atoms with E-state index in [1.165, 1.54) is 4.90 Å². The number of nitrogens with zero attached hydrogens (tertiary/aromatic N) is 1. The summed E-state index contributed by atoms with van der Waals surface area (Å²) in [6.07, 6.45) is -4.40. The van der Waals surface area contributed by atoms with E-state index in [0.29, 0.717) is 13.1 Å². The molecule has 1 rings (SSSR count). The monoisotopic (exact) mass is 254 g/mol. The SMILES string of the molecule is CC(C)C1(N)CN(C(=O)COCC(F)(F)F)C1. The van der Waals surface area contributed by atoms with E-state index in [2.05, 4.69) is 4.74 Å². The molecule has 1 fully saturated rings. The van der Waals surface area contributed by atoms with Gasteiger partial charge < -0.3 is 15.4 Å². The summed E-state index contributed by atoms with van der Waals surface area (Å²) in [6.45, 7) is 2.69. The van der Waals surface area contributed by atoms with Crippen molar-refractivity contribution in [2.24, 2.45) is 11.7 Å². The summed E-state index contributed by atoms with van der Waals surface area (Å²) in [6, 6.07) is 0. The van der Waals surface area contributed by atoms with Crippen molar-refractivity contribution in [1.82, 2.24) is 4.90 Å². The largest absolute Gasteiger partial charge is 0.411 e. The zero-order valence-electron chi connectivity index (χ0n) is 9.88. The van der Waals surface area contributed by atoms with Gasteiger partial charge >= 0.3 is 6.18 Å². The van der Waals surface area contributed by atoms with Gasteiger partial charge in [0.05, 0.1) is 5.54 Å². The van der Waals surface area contributed by atoms with Crippen molar-refractivity contribution in [2.45, 2.75) is 25.6 Å². The molecule has 1 aliphatic rings. The molecule has 0 aromatic rings. The number of hydrogen-bond donors (Lipinski definition) is 1. The second kappa shape index (κ2) is 4.81. The minimum atomic E-state index is -4.40. The maximum absolute atomic E-state index is 11.8. The van der Waals surface area contributed by atoms with E-state index in [4.69, 9.17) is 5.73 Å². The van der Waals surface area contributed by atoms with Crippen LogP contribution in [0.1, 0.15) is 13.8 Å². The Labute approximate surface area is 97.9 Å². The second-order valence-corrected chi connectivity index (χ2v) is 4.75. The van der Waals surface area contributed by atoms with Crippen LogP contribution in [0.3, 0.4) is 0 Å². The summed E-state index contributed by atoms with van der Waals surface area (Å²) in [5.41, 5.74) is 5.54. The van der Waals surface area contributed by atoms with E-state index in [1.807, 2.05) is 13.8 Å². The molecule has 17 heavy (non-hydrogen) atoms. The fraction of sp³-hybridized carbons (Fsp3) is 0.900. The summed E-state index contributed by atoms with van der Waals surface area (Å²) in [5, 5.41) is 0. The third kappa shape index (κ3) is 3.85. The topological polar surface area (TPSA) is 55.6 Å². The van der Waals surface area contributed by atoms with Crippen molar-refractivity contribution in [1.29, 1.82) is 0 Å². The van der Waals surface area contributed by atoms with Crippen molar-refractivity contribution >= 4 is 5.91 Å². The third-order valence-electron chi connectivity index (χ3n) is 2.96. The van der Waals surface area contributed by atoms with E-state index < -0.39 is 30.8 Å². The third-order valence-corrected chi connectivity index (χ3v) is 2.96. The lowest BCUT2D eigenvalue weighted by Gasteiger charge is -2.50. The zero-order chi connectivity index (χ0) is 13.3. The molecule has 0 bridgehead atoms. The van der Waals surface area contributed by atoms with Gasteiger partial charge in [0.1, 0.15) is 13.2 Å². The Morgan fingerprint density at radius 3 is 2.41 bits per heavy atom. The number of amides is 1. The highest BCUT2D eigenvalue weighted by molar-refractivity contribution is 5.78. The lowest BCUT2D eigenvalue weighted by atomic mass is 9.80. The van der Waals surface area contributed by atoms with E-state index in [9.17, 15) is 18.0 Å². The number of carbonyl (C=O) groups is 1. The van der Waals surface area contributed by atoms with Crippen LogP contribution in [0.5, 0.6) is 0 Å². The quantitative estimate of drug-likeness (QED) is 0.806. The van der Waals surface area contributed by atoms with E-state index in [-0.39, 0.29) is 5.92 Å². The molecule has 2 N–H and O–H groups in total. The maximum atomic E-state index is 11.8. The average molecular weight is 254 g/mol. The van der Waals surface area contributed by atoms with Crippen LogP contribution in [-0.4, -0.2) is 48.8 Å². The Bertz CT molecular complexity index is 286. The second-order valence-electron chi connectivity index (χ2n) is 4.75. The van der Waals surface area contributed by atoms with Crippen molar-refractivity contribution in [3.8, 4) is 0 Å². The van der Waals surface area contributed by atoms with Gasteiger partial charge in [0.2, 0.25) is 5.91 Å². The summed E-state index contributed by atoms with van der Waals surface area (Å²) >= 11 is 0. The molecular weight excluding hydrogens is 237 g/mol. The maximum Gasteiger partial charge on any atom is 0.411 e. The molecule has 1 aliphatic heterocycles. The van der Waals surface area contributed by atoms with Crippen LogP contribution in [0.2, 0.25) is 0 Å². The number of hydrogen-bond acceptors (Lipinski definition) is 3. The zero-order valence-corrected chi connectivity index (χ0v) is 9.88.